The number of nitrogens with zero attached hydrogens (tertiary/aromatic N) is 3. The van der Waals surface area contributed by atoms with Crippen LogP contribution in [0.15, 0.2) is 79.1 Å². The summed E-state index contributed by atoms with van der Waals surface area (Å²) in [6.45, 7) is 0. The predicted octanol–water partition coefficient (Wildman–Crippen LogP) is 3.27. The van der Waals surface area contributed by atoms with E-state index in [-0.39, 0.29) is 5.91 Å². The fourth-order valence-corrected chi connectivity index (χ4v) is 3.96. The average Bonchev–Trinajstić information content (AvgIpc) is 3.27. The Balaban J connectivity index is 1.58. The van der Waals surface area contributed by atoms with Crippen LogP contribution in [0.2, 0.25) is 0 Å². The number of hydrogen-bond donors (Lipinski definition) is 0. The molecule has 0 N–H and O–H groups in total. The van der Waals surface area contributed by atoms with E-state index in [0.29, 0.717) is 5.69 Å². The van der Waals surface area contributed by atoms with Crippen molar-refractivity contribution >= 4 is 23.2 Å². The fourth-order valence-electron chi connectivity index (χ4n) is 3.96. The Bertz CT molecular complexity index is 1060. The maximum Gasteiger partial charge on any atom is 0.266 e. The zero-order valence-corrected chi connectivity index (χ0v) is 15.2. The van der Waals surface area contributed by atoms with Gasteiger partial charge in [0.05, 0.1) is 17.4 Å². The van der Waals surface area contributed by atoms with Crippen LogP contribution in [0.25, 0.3) is 0 Å². The van der Waals surface area contributed by atoms with Crippen LogP contribution in [-0.4, -0.2) is 22.9 Å². The van der Waals surface area contributed by atoms with Crippen molar-refractivity contribution in [2.45, 2.75) is 12.1 Å². The number of hydrogen-bond acceptors (Lipinski definition) is 5. The maximum absolute atomic E-state index is 13.3. The minimum Gasteiger partial charge on any atom is -0.273 e. The van der Waals surface area contributed by atoms with Crippen molar-refractivity contribution in [3.63, 3.8) is 0 Å². The van der Waals surface area contributed by atoms with Crippen LogP contribution in [0.3, 0.4) is 0 Å². The Morgan fingerprint density at radius 3 is 2.21 bits per heavy atom. The lowest BCUT2D eigenvalue weighted by Gasteiger charge is -2.28. The third kappa shape index (κ3) is 2.78. The topological polar surface area (TPSA) is 62.7 Å². The second-order valence-electron chi connectivity index (χ2n) is 6.93. The van der Waals surface area contributed by atoms with Crippen LogP contribution in [0, 0.1) is 11.7 Å². The molecule has 0 unspecified atom stereocenters. The zero-order chi connectivity index (χ0) is 20.0. The Morgan fingerprint density at radius 1 is 0.828 bits per heavy atom. The van der Waals surface area contributed by atoms with E-state index >= 15 is 0 Å². The number of rotatable bonds is 3. The van der Waals surface area contributed by atoms with E-state index in [9.17, 15) is 14.0 Å². The van der Waals surface area contributed by atoms with Crippen LogP contribution >= 0.6 is 0 Å². The summed E-state index contributed by atoms with van der Waals surface area (Å²) < 4.78 is 13.3. The van der Waals surface area contributed by atoms with E-state index in [1.807, 2.05) is 42.5 Å². The Morgan fingerprint density at radius 2 is 1.52 bits per heavy atom. The fraction of sp³-hybridized carbons (Fsp3) is 0.136. The molecule has 3 aromatic rings. The summed E-state index contributed by atoms with van der Waals surface area (Å²) in [6.07, 6.45) is 2.33. The van der Waals surface area contributed by atoms with Gasteiger partial charge < -0.3 is 0 Å². The van der Waals surface area contributed by atoms with Crippen molar-refractivity contribution in [2.75, 3.05) is 9.96 Å². The number of carbonyl (C=O) groups excluding carboxylic acids is 2. The van der Waals surface area contributed by atoms with Crippen LogP contribution in [-0.2, 0) is 14.4 Å². The van der Waals surface area contributed by atoms with Crippen molar-refractivity contribution in [1.29, 1.82) is 0 Å². The summed E-state index contributed by atoms with van der Waals surface area (Å²) in [4.78, 5) is 37.6. The van der Waals surface area contributed by atoms with Crippen LogP contribution in [0.1, 0.15) is 11.6 Å². The van der Waals surface area contributed by atoms with Gasteiger partial charge in [-0.1, -0.05) is 18.2 Å². The molecule has 2 saturated heterocycles. The molecule has 3 heterocycles. The number of hydroxylamine groups is 1. The van der Waals surface area contributed by atoms with Gasteiger partial charge >= 0.3 is 0 Å². The maximum atomic E-state index is 13.3. The minimum atomic E-state index is -0.953. The van der Waals surface area contributed by atoms with Gasteiger partial charge in [-0.3, -0.25) is 19.4 Å². The SMILES string of the molecule is O=C1[C@H]2[C@H](ON(c3ccccc3)[C@H]2c2ccncc2)C(=O)N1c1ccc(F)cc1. The summed E-state index contributed by atoms with van der Waals surface area (Å²) in [6, 6.07) is 17.8. The molecule has 7 heteroatoms. The Labute approximate surface area is 166 Å². The monoisotopic (exact) mass is 389 g/mol. The van der Waals surface area contributed by atoms with E-state index in [2.05, 4.69) is 4.98 Å². The molecule has 2 aliphatic rings. The smallest absolute Gasteiger partial charge is 0.266 e. The summed E-state index contributed by atoms with van der Waals surface area (Å²) in [5.41, 5.74) is 1.90. The summed E-state index contributed by atoms with van der Waals surface area (Å²) >= 11 is 0. The molecule has 29 heavy (non-hydrogen) atoms. The van der Waals surface area contributed by atoms with Crippen LogP contribution < -0.4 is 9.96 Å². The highest BCUT2D eigenvalue weighted by Gasteiger charge is 2.60. The number of fused-ring (bicyclic) bond motifs is 1. The second-order valence-corrected chi connectivity index (χ2v) is 6.93. The van der Waals surface area contributed by atoms with Crippen LogP contribution in [0.5, 0.6) is 0 Å². The molecule has 2 fully saturated rings. The predicted molar refractivity (Wildman–Crippen MR) is 103 cm³/mol. The molecule has 1 aromatic heterocycles. The lowest BCUT2D eigenvalue weighted by atomic mass is 9.91. The molecule has 0 aliphatic carbocycles. The number of aromatic nitrogens is 1. The van der Waals surface area contributed by atoms with Crippen molar-refractivity contribution < 1.29 is 18.8 Å². The van der Waals surface area contributed by atoms with Gasteiger partial charge in [0.15, 0.2) is 6.10 Å². The van der Waals surface area contributed by atoms with Crippen molar-refractivity contribution in [1.82, 2.24) is 4.98 Å². The first-order valence-corrected chi connectivity index (χ1v) is 9.19. The van der Waals surface area contributed by atoms with E-state index in [1.165, 1.54) is 24.3 Å². The van der Waals surface area contributed by atoms with E-state index in [1.54, 1.807) is 17.5 Å². The number of amides is 2. The van der Waals surface area contributed by atoms with E-state index < -0.39 is 29.8 Å². The highest BCUT2D eigenvalue weighted by Crippen LogP contribution is 2.47. The zero-order valence-electron chi connectivity index (χ0n) is 15.2. The van der Waals surface area contributed by atoms with Gasteiger partial charge in [-0.05, 0) is 54.1 Å². The molecule has 0 radical (unpaired) electrons. The Kier molecular flexibility index (Phi) is 4.10. The largest absolute Gasteiger partial charge is 0.273 e. The molecule has 6 nitrogen and oxygen atoms in total. The van der Waals surface area contributed by atoms with Gasteiger partial charge in [-0.15, -0.1) is 0 Å². The summed E-state index contributed by atoms with van der Waals surface area (Å²) in [5, 5.41) is 1.63. The molecule has 5 rings (SSSR count). The molecular formula is C22H16FN3O3. The minimum absolute atomic E-state index is 0.333. The van der Waals surface area contributed by atoms with Crippen molar-refractivity contribution in [2.24, 2.45) is 5.92 Å². The molecule has 0 spiro atoms. The molecule has 2 aromatic carbocycles. The number of halogens is 1. The standard InChI is InChI=1S/C22H16FN3O3/c23-15-6-8-16(9-7-15)25-21(27)18-19(14-10-12-24-13-11-14)26(29-20(18)22(25)28)17-4-2-1-3-5-17/h1-13,18-20H/t18-,19+,20+/m1/s1. The van der Waals surface area contributed by atoms with E-state index in [0.717, 1.165) is 16.2 Å². The summed E-state index contributed by atoms with van der Waals surface area (Å²) in [5.74, 6) is -1.99. The number of carbonyl (C=O) groups is 2. The van der Waals surface area contributed by atoms with Crippen molar-refractivity contribution in [3.05, 3.63) is 90.5 Å². The number of para-hydroxylation sites is 1. The highest BCUT2D eigenvalue weighted by molar-refractivity contribution is 6.23. The molecule has 3 atom stereocenters. The van der Waals surface area contributed by atoms with E-state index in [4.69, 9.17) is 4.84 Å². The molecule has 2 aliphatic heterocycles. The Hall–Kier alpha value is -3.58. The average molecular weight is 389 g/mol. The number of benzene rings is 2. The number of imide groups is 1. The first-order valence-electron chi connectivity index (χ1n) is 9.19. The van der Waals surface area contributed by atoms with Gasteiger partial charge in [0.25, 0.3) is 5.91 Å². The lowest BCUT2D eigenvalue weighted by Crippen LogP contribution is -2.37. The second kappa shape index (κ2) is 6.79. The quantitative estimate of drug-likeness (QED) is 0.644. The first-order chi connectivity index (χ1) is 14.1. The molecular weight excluding hydrogens is 373 g/mol. The molecule has 2 amide bonds. The van der Waals surface area contributed by atoms with Gasteiger partial charge in [0.1, 0.15) is 11.7 Å². The highest BCUT2D eigenvalue weighted by atomic mass is 19.1. The third-order valence-electron chi connectivity index (χ3n) is 5.26. The van der Waals surface area contributed by atoms with Crippen LogP contribution in [0.4, 0.5) is 15.8 Å². The summed E-state index contributed by atoms with van der Waals surface area (Å²) in [7, 11) is 0. The van der Waals surface area contributed by atoms with Gasteiger partial charge in [-0.25, -0.2) is 14.4 Å². The normalized spacial score (nSPS) is 23.6. The van der Waals surface area contributed by atoms with Gasteiger partial charge in [0.2, 0.25) is 5.91 Å². The lowest BCUT2D eigenvalue weighted by molar-refractivity contribution is -0.126. The van der Waals surface area contributed by atoms with Crippen molar-refractivity contribution in [3.8, 4) is 0 Å². The molecule has 144 valence electrons. The molecule has 0 saturated carbocycles. The first kappa shape index (κ1) is 17.5. The van der Waals surface area contributed by atoms with Gasteiger partial charge in [-0.2, -0.15) is 0 Å². The third-order valence-corrected chi connectivity index (χ3v) is 5.26. The number of anilines is 2. The van der Waals surface area contributed by atoms with Gasteiger partial charge in [0, 0.05) is 12.4 Å². The number of pyridine rings is 1. The molecule has 0 bridgehead atoms.